The summed E-state index contributed by atoms with van der Waals surface area (Å²) in [4.78, 5) is 41.5. The van der Waals surface area contributed by atoms with E-state index >= 15 is 0 Å². The van der Waals surface area contributed by atoms with E-state index in [-0.39, 0.29) is 28.6 Å². The third-order valence-corrected chi connectivity index (χ3v) is 17.0. The molecule has 2 saturated heterocycles. The van der Waals surface area contributed by atoms with Gasteiger partial charge in [-0.1, -0.05) is 57.9 Å². The first-order chi connectivity index (χ1) is 31.2. The molecule has 9 rings (SSSR count). The van der Waals surface area contributed by atoms with Crippen molar-refractivity contribution in [2.24, 2.45) is 17.3 Å². The molecule has 2 aliphatic carbocycles. The summed E-state index contributed by atoms with van der Waals surface area (Å²) in [6.45, 7) is 9.59. The van der Waals surface area contributed by atoms with Crippen molar-refractivity contribution in [1.82, 2.24) is 24.6 Å². The zero-order chi connectivity index (χ0) is 45.5. The van der Waals surface area contributed by atoms with Gasteiger partial charge in [0.25, 0.3) is 15.9 Å². The summed E-state index contributed by atoms with van der Waals surface area (Å²) >= 11 is 0. The molecule has 3 N–H and O–H groups in total. The predicted molar refractivity (Wildman–Crippen MR) is 253 cm³/mol. The van der Waals surface area contributed by atoms with Gasteiger partial charge in [-0.2, -0.15) is 0 Å². The SMILES string of the molecule is CC1CCC(CNc2ncc(S(=O)(=O)NC(=O)c3ccc(N4CCC5(CC4)CC(N4CCS(=O)C[C@H]4c4ccccc4C(C)C)C5)cc3Oc3cnc4[nH]ccc4c3)cc2[N+](=O)[O-])CC1. The van der Waals surface area contributed by atoms with Crippen molar-refractivity contribution < 1.29 is 27.1 Å². The number of aromatic nitrogens is 3. The number of piperidine rings is 1. The van der Waals surface area contributed by atoms with Gasteiger partial charge in [0.15, 0.2) is 0 Å². The van der Waals surface area contributed by atoms with Crippen LogP contribution in [0.2, 0.25) is 0 Å². The van der Waals surface area contributed by atoms with Gasteiger partial charge < -0.3 is 19.9 Å². The number of nitro groups is 1. The Hall–Kier alpha value is -5.39. The van der Waals surface area contributed by atoms with E-state index in [1.807, 2.05) is 6.07 Å². The monoisotopic (exact) mass is 922 g/mol. The molecule has 1 amide bonds. The summed E-state index contributed by atoms with van der Waals surface area (Å²) in [5.74, 6) is 2.27. The first kappa shape index (κ1) is 44.8. The molecule has 2 atom stereocenters. The first-order valence-electron chi connectivity index (χ1n) is 22.9. The Balaban J connectivity index is 0.903. The van der Waals surface area contributed by atoms with Crippen LogP contribution in [0.4, 0.5) is 17.2 Å². The second-order valence-electron chi connectivity index (χ2n) is 19.0. The molecular weight excluding hydrogens is 865 g/mol. The molecule has 17 heteroatoms. The number of ether oxygens (including phenoxy) is 1. The molecule has 1 spiro atoms. The fraction of sp³-hybridized carbons (Fsp3) is 0.479. The lowest BCUT2D eigenvalue weighted by molar-refractivity contribution is -0.384. The predicted octanol–water partition coefficient (Wildman–Crippen LogP) is 8.69. The highest BCUT2D eigenvalue weighted by molar-refractivity contribution is 7.90. The number of nitrogens with zero attached hydrogens (tertiary/aromatic N) is 5. The molecule has 2 saturated carbocycles. The van der Waals surface area contributed by atoms with E-state index in [1.54, 1.807) is 30.5 Å². The van der Waals surface area contributed by atoms with E-state index in [4.69, 9.17) is 4.74 Å². The van der Waals surface area contributed by atoms with Crippen molar-refractivity contribution in [3.8, 4) is 11.5 Å². The maximum Gasteiger partial charge on any atom is 0.312 e. The number of amides is 1. The zero-order valence-electron chi connectivity index (χ0n) is 37.2. The van der Waals surface area contributed by atoms with Crippen molar-refractivity contribution in [2.75, 3.05) is 47.9 Å². The third kappa shape index (κ3) is 9.64. The summed E-state index contributed by atoms with van der Waals surface area (Å²) in [5.41, 5.74) is 3.82. The number of sulfonamides is 1. The number of H-pyrrole nitrogens is 1. The van der Waals surface area contributed by atoms with Gasteiger partial charge in [0.05, 0.1) is 22.9 Å². The third-order valence-electron chi connectivity index (χ3n) is 14.4. The summed E-state index contributed by atoms with van der Waals surface area (Å²) in [6.07, 6.45) is 12.7. The highest BCUT2D eigenvalue weighted by atomic mass is 32.2. The van der Waals surface area contributed by atoms with Gasteiger partial charge in [0, 0.05) is 90.0 Å². The normalized spacial score (nSPS) is 22.7. The molecule has 4 fully saturated rings. The van der Waals surface area contributed by atoms with Crippen LogP contribution in [0.5, 0.6) is 11.5 Å². The lowest BCUT2D eigenvalue weighted by Gasteiger charge is -2.57. The van der Waals surface area contributed by atoms with Crippen LogP contribution in [0.15, 0.2) is 84.1 Å². The maximum absolute atomic E-state index is 14.0. The van der Waals surface area contributed by atoms with Crippen molar-refractivity contribution in [3.63, 3.8) is 0 Å². The number of hydrogen-bond donors (Lipinski definition) is 3. The van der Waals surface area contributed by atoms with Gasteiger partial charge in [-0.05, 0) is 97.1 Å². The van der Waals surface area contributed by atoms with Crippen molar-refractivity contribution in [2.45, 2.75) is 95.0 Å². The van der Waals surface area contributed by atoms with Crippen LogP contribution in [0, 0.1) is 27.4 Å². The van der Waals surface area contributed by atoms with E-state index in [0.717, 1.165) is 94.3 Å². The number of anilines is 2. The number of benzene rings is 2. The Labute approximate surface area is 382 Å². The fourth-order valence-corrected chi connectivity index (χ4v) is 12.8. The molecule has 65 heavy (non-hydrogen) atoms. The second-order valence-corrected chi connectivity index (χ2v) is 22.3. The zero-order valence-corrected chi connectivity index (χ0v) is 38.8. The largest absolute Gasteiger partial charge is 0.455 e. The van der Waals surface area contributed by atoms with Gasteiger partial charge >= 0.3 is 5.69 Å². The lowest BCUT2D eigenvalue weighted by Crippen LogP contribution is -2.58. The lowest BCUT2D eigenvalue weighted by atomic mass is 9.59. The van der Waals surface area contributed by atoms with Crippen LogP contribution in [0.1, 0.15) is 106 Å². The minimum atomic E-state index is -4.61. The summed E-state index contributed by atoms with van der Waals surface area (Å²) in [6, 6.07) is 18.9. The van der Waals surface area contributed by atoms with E-state index < -0.39 is 42.2 Å². The molecule has 15 nitrogen and oxygen atoms in total. The average molecular weight is 923 g/mol. The molecular formula is C48H58N8O7S2. The number of rotatable bonds is 13. The minimum Gasteiger partial charge on any atom is -0.455 e. The summed E-state index contributed by atoms with van der Waals surface area (Å²) in [5, 5.41) is 16.0. The van der Waals surface area contributed by atoms with Gasteiger partial charge in [-0.25, -0.2) is 23.1 Å². The molecule has 4 aliphatic rings. The second kappa shape index (κ2) is 18.5. The molecule has 0 radical (unpaired) electrons. The van der Waals surface area contributed by atoms with Crippen molar-refractivity contribution in [1.29, 1.82) is 0 Å². The molecule has 5 heterocycles. The van der Waals surface area contributed by atoms with Crippen LogP contribution < -0.4 is 19.7 Å². The van der Waals surface area contributed by atoms with Crippen molar-refractivity contribution in [3.05, 3.63) is 106 Å². The van der Waals surface area contributed by atoms with Gasteiger partial charge in [-0.15, -0.1) is 0 Å². The topological polar surface area (TPSA) is 193 Å². The highest BCUT2D eigenvalue weighted by Crippen LogP contribution is 2.53. The summed E-state index contributed by atoms with van der Waals surface area (Å²) < 4.78 is 48.8. The Morgan fingerprint density at radius 1 is 1.02 bits per heavy atom. The van der Waals surface area contributed by atoms with Gasteiger partial charge in [0.2, 0.25) is 5.82 Å². The number of fused-ring (bicyclic) bond motifs is 1. The molecule has 2 aliphatic heterocycles. The average Bonchev–Trinajstić information content (AvgIpc) is 3.76. The Morgan fingerprint density at radius 2 is 1.78 bits per heavy atom. The smallest absolute Gasteiger partial charge is 0.312 e. The highest BCUT2D eigenvalue weighted by Gasteiger charge is 2.50. The number of carbonyl (C=O) groups is 1. The standard InChI is InChI=1S/C48H58N8O7S2/c1-31(2)39-6-4-5-7-40(39)43-30-64(60)21-20-55(43)36-25-48(26-36)15-18-54(19-16-48)35-12-13-41(44(23-35)63-37-22-34-14-17-49-45(34)51-28-37)47(57)53-65(61,62)38-24-42(56(58)59)46(52-29-38)50-27-33-10-8-32(3)9-11-33/h4-7,12-14,17,22-24,28-29,31-33,36,43H,8-11,15-16,18-21,25-27,30H2,1-3H3,(H,49,51)(H,50,52)(H,53,57)/t32?,33?,43-,64?/m0/s1. The molecule has 3 aromatic heterocycles. The quantitative estimate of drug-likeness (QED) is 0.0753. The van der Waals surface area contributed by atoms with Gasteiger partial charge in [-0.3, -0.25) is 24.0 Å². The molecule has 5 aromatic rings. The van der Waals surface area contributed by atoms with E-state index in [2.05, 4.69) is 79.8 Å². The van der Waals surface area contributed by atoms with Crippen LogP contribution >= 0.6 is 0 Å². The first-order valence-corrected chi connectivity index (χ1v) is 25.9. The van der Waals surface area contributed by atoms with Crippen molar-refractivity contribution >= 4 is 55.0 Å². The Kier molecular flexibility index (Phi) is 12.7. The molecule has 1 unspecified atom stereocenters. The van der Waals surface area contributed by atoms with Crippen LogP contribution in [-0.4, -0.2) is 87.0 Å². The number of nitrogens with one attached hydrogen (secondary N) is 3. The maximum atomic E-state index is 14.0. The molecule has 0 bridgehead atoms. The van der Waals surface area contributed by atoms with Crippen LogP contribution in [0.25, 0.3) is 11.0 Å². The summed E-state index contributed by atoms with van der Waals surface area (Å²) in [7, 11) is -5.45. The number of hydrogen-bond acceptors (Lipinski definition) is 12. The van der Waals surface area contributed by atoms with Crippen LogP contribution in [0.3, 0.4) is 0 Å². The van der Waals surface area contributed by atoms with E-state index in [0.29, 0.717) is 53.2 Å². The fourth-order valence-electron chi connectivity index (χ4n) is 10.5. The Morgan fingerprint density at radius 3 is 2.54 bits per heavy atom. The minimum absolute atomic E-state index is 0.0170. The number of carbonyl (C=O) groups excluding carboxylic acids is 1. The number of pyridine rings is 2. The van der Waals surface area contributed by atoms with E-state index in [9.17, 15) is 27.5 Å². The van der Waals surface area contributed by atoms with Crippen LogP contribution in [-0.2, 0) is 20.8 Å². The molecule has 344 valence electrons. The Bertz CT molecular complexity index is 2700. The number of aromatic amines is 1. The molecule has 2 aromatic carbocycles. The van der Waals surface area contributed by atoms with E-state index in [1.165, 1.54) is 17.3 Å². The van der Waals surface area contributed by atoms with Gasteiger partial charge in [0.1, 0.15) is 22.0 Å².